The normalized spacial score (nSPS) is 10.4. The molecule has 0 atom stereocenters. The van der Waals surface area contributed by atoms with Crippen LogP contribution >= 0.6 is 0 Å². The first-order chi connectivity index (χ1) is 8.45. The molecule has 3 aromatic heterocycles. The SMILES string of the molecule is c1cc(-c2nnnnc2-c2cn[nH]n2)nnn1. The number of H-pyrrole nitrogens is 1. The van der Waals surface area contributed by atoms with Crippen molar-refractivity contribution in [2.45, 2.75) is 0 Å². The fraction of sp³-hybridized carbons (Fsp3) is 0. The smallest absolute Gasteiger partial charge is 0.147 e. The quantitative estimate of drug-likeness (QED) is 0.580. The van der Waals surface area contributed by atoms with Gasteiger partial charge in [-0.25, -0.2) is 0 Å². The Labute approximate surface area is 93.5 Å². The molecule has 0 bridgehead atoms. The highest BCUT2D eigenvalue weighted by Crippen LogP contribution is 2.22. The highest BCUT2D eigenvalue weighted by Gasteiger charge is 2.15. The van der Waals surface area contributed by atoms with Gasteiger partial charge in [-0.15, -0.1) is 20.4 Å². The lowest BCUT2D eigenvalue weighted by molar-refractivity contribution is 0.763. The van der Waals surface area contributed by atoms with Crippen LogP contribution in [0.3, 0.4) is 0 Å². The summed E-state index contributed by atoms with van der Waals surface area (Å²) in [6.07, 6.45) is 3.00. The van der Waals surface area contributed by atoms with Crippen LogP contribution in [0, 0.1) is 0 Å². The van der Waals surface area contributed by atoms with Gasteiger partial charge in [0.05, 0.1) is 12.4 Å². The van der Waals surface area contributed by atoms with Crippen molar-refractivity contribution in [3.8, 4) is 22.8 Å². The van der Waals surface area contributed by atoms with E-state index in [-0.39, 0.29) is 0 Å². The molecule has 3 heterocycles. The summed E-state index contributed by atoms with van der Waals surface area (Å²) in [6, 6.07) is 1.64. The van der Waals surface area contributed by atoms with Crippen LogP contribution in [0.1, 0.15) is 0 Å². The lowest BCUT2D eigenvalue weighted by Gasteiger charge is -1.99. The van der Waals surface area contributed by atoms with E-state index in [1.807, 2.05) is 0 Å². The van der Waals surface area contributed by atoms with Gasteiger partial charge in [0.1, 0.15) is 22.8 Å². The third-order valence-corrected chi connectivity index (χ3v) is 1.96. The Morgan fingerprint density at radius 1 is 0.882 bits per heavy atom. The third kappa shape index (κ3) is 1.67. The Morgan fingerprint density at radius 2 is 1.71 bits per heavy atom. The number of nitrogens with one attached hydrogen (secondary N) is 1. The summed E-state index contributed by atoms with van der Waals surface area (Å²) < 4.78 is 0. The van der Waals surface area contributed by atoms with Crippen LogP contribution in [0.25, 0.3) is 22.8 Å². The van der Waals surface area contributed by atoms with Crippen LogP contribution in [0.5, 0.6) is 0 Å². The summed E-state index contributed by atoms with van der Waals surface area (Å²) >= 11 is 0. The first-order valence-corrected chi connectivity index (χ1v) is 4.52. The molecule has 10 heteroatoms. The average Bonchev–Trinajstić information content (AvgIpc) is 2.94. The molecule has 0 amide bonds. The van der Waals surface area contributed by atoms with Crippen molar-refractivity contribution in [3.05, 3.63) is 18.5 Å². The van der Waals surface area contributed by atoms with E-state index in [4.69, 9.17) is 0 Å². The van der Waals surface area contributed by atoms with E-state index in [1.54, 1.807) is 6.07 Å². The molecule has 10 nitrogen and oxygen atoms in total. The van der Waals surface area contributed by atoms with Crippen LogP contribution in [0.4, 0.5) is 0 Å². The Kier molecular flexibility index (Phi) is 2.15. The standard InChI is InChI=1S/C7H4N10/c1-2-8-14-10-4(1)6-7(13-17-16-12-6)5-3-9-15-11-5/h1-3H,(H,9,11,15). The maximum absolute atomic E-state index is 3.90. The van der Waals surface area contributed by atoms with Gasteiger partial charge >= 0.3 is 0 Å². The van der Waals surface area contributed by atoms with Gasteiger partial charge in [0, 0.05) is 0 Å². The fourth-order valence-electron chi connectivity index (χ4n) is 1.25. The van der Waals surface area contributed by atoms with Crippen molar-refractivity contribution in [2.24, 2.45) is 0 Å². The second kappa shape index (κ2) is 3.92. The first kappa shape index (κ1) is 9.33. The molecule has 3 aromatic rings. The summed E-state index contributed by atoms with van der Waals surface area (Å²) in [5.41, 5.74) is 1.83. The van der Waals surface area contributed by atoms with Gasteiger partial charge in [-0.1, -0.05) is 0 Å². The second-order valence-electron chi connectivity index (χ2n) is 2.94. The van der Waals surface area contributed by atoms with Gasteiger partial charge in [-0.3, -0.25) is 0 Å². The highest BCUT2D eigenvalue weighted by molar-refractivity contribution is 5.71. The number of aromatic nitrogens is 10. The number of hydrogen-bond acceptors (Lipinski definition) is 9. The van der Waals surface area contributed by atoms with Gasteiger partial charge in [-0.2, -0.15) is 15.4 Å². The molecule has 0 saturated carbocycles. The summed E-state index contributed by atoms with van der Waals surface area (Å²) in [7, 11) is 0. The van der Waals surface area contributed by atoms with Crippen molar-refractivity contribution in [3.63, 3.8) is 0 Å². The minimum atomic E-state index is 0.420. The van der Waals surface area contributed by atoms with Crippen LogP contribution < -0.4 is 0 Å². The molecule has 1 N–H and O–H groups in total. The third-order valence-electron chi connectivity index (χ3n) is 1.96. The maximum Gasteiger partial charge on any atom is 0.147 e. The predicted octanol–water partition coefficient (Wildman–Crippen LogP) is -1.10. The number of nitrogens with zero attached hydrogens (tertiary/aromatic N) is 9. The number of hydrogen-bond donors (Lipinski definition) is 1. The summed E-state index contributed by atoms with van der Waals surface area (Å²) in [4.78, 5) is 0. The number of aromatic amines is 1. The molecule has 3 rings (SSSR count). The van der Waals surface area contributed by atoms with Crippen LogP contribution in [-0.4, -0.2) is 51.4 Å². The maximum atomic E-state index is 3.90. The first-order valence-electron chi connectivity index (χ1n) is 4.52. The molecular weight excluding hydrogens is 224 g/mol. The van der Waals surface area contributed by atoms with E-state index in [9.17, 15) is 0 Å². The Bertz CT molecular complexity index is 606. The average molecular weight is 228 g/mol. The summed E-state index contributed by atoms with van der Waals surface area (Å²) in [5.74, 6) is 0. The van der Waals surface area contributed by atoms with E-state index in [0.717, 1.165) is 0 Å². The summed E-state index contributed by atoms with van der Waals surface area (Å²) in [6.45, 7) is 0. The van der Waals surface area contributed by atoms with Gasteiger partial charge < -0.3 is 0 Å². The topological polar surface area (TPSA) is 132 Å². The Balaban J connectivity index is 2.18. The molecule has 17 heavy (non-hydrogen) atoms. The van der Waals surface area contributed by atoms with E-state index < -0.39 is 0 Å². The largest absolute Gasteiger partial charge is 0.197 e. The lowest BCUT2D eigenvalue weighted by atomic mass is 10.2. The van der Waals surface area contributed by atoms with Crippen molar-refractivity contribution in [1.82, 2.24) is 51.4 Å². The molecule has 0 spiro atoms. The zero-order chi connectivity index (χ0) is 11.5. The molecule has 0 fully saturated rings. The molecule has 0 aliphatic carbocycles. The van der Waals surface area contributed by atoms with Crippen molar-refractivity contribution < 1.29 is 0 Å². The van der Waals surface area contributed by atoms with Gasteiger partial charge in [0.25, 0.3) is 0 Å². The van der Waals surface area contributed by atoms with Crippen molar-refractivity contribution in [2.75, 3.05) is 0 Å². The Hall–Kier alpha value is -2.91. The molecule has 82 valence electrons. The Morgan fingerprint density at radius 3 is 2.35 bits per heavy atom. The van der Waals surface area contributed by atoms with Crippen LogP contribution in [0.15, 0.2) is 18.5 Å². The van der Waals surface area contributed by atoms with Gasteiger partial charge in [0.15, 0.2) is 0 Å². The molecular formula is C7H4N10. The predicted molar refractivity (Wildman–Crippen MR) is 51.8 cm³/mol. The zero-order valence-electron chi connectivity index (χ0n) is 8.26. The lowest BCUT2D eigenvalue weighted by Crippen LogP contribution is -2.01. The van der Waals surface area contributed by atoms with Crippen molar-refractivity contribution >= 4 is 0 Å². The van der Waals surface area contributed by atoms with E-state index in [2.05, 4.69) is 51.4 Å². The monoisotopic (exact) mass is 228 g/mol. The van der Waals surface area contributed by atoms with E-state index in [0.29, 0.717) is 22.8 Å². The molecule has 0 aromatic carbocycles. The minimum Gasteiger partial charge on any atom is -0.197 e. The van der Waals surface area contributed by atoms with E-state index >= 15 is 0 Å². The minimum absolute atomic E-state index is 0.420. The van der Waals surface area contributed by atoms with Crippen LogP contribution in [0.2, 0.25) is 0 Å². The highest BCUT2D eigenvalue weighted by atomic mass is 15.4. The molecule has 0 saturated heterocycles. The molecule has 0 unspecified atom stereocenters. The van der Waals surface area contributed by atoms with Crippen LogP contribution in [-0.2, 0) is 0 Å². The van der Waals surface area contributed by atoms with Gasteiger partial charge in [0.2, 0.25) is 0 Å². The number of rotatable bonds is 2. The molecule has 0 radical (unpaired) electrons. The molecule has 0 aliphatic heterocycles. The van der Waals surface area contributed by atoms with E-state index in [1.165, 1.54) is 12.4 Å². The zero-order valence-corrected chi connectivity index (χ0v) is 8.26. The fourth-order valence-corrected chi connectivity index (χ4v) is 1.25. The van der Waals surface area contributed by atoms with Gasteiger partial charge in [-0.05, 0) is 21.7 Å². The summed E-state index contributed by atoms with van der Waals surface area (Å²) in [5, 5.41) is 35.7. The molecule has 0 aliphatic rings. The second-order valence-corrected chi connectivity index (χ2v) is 2.94. The van der Waals surface area contributed by atoms with Crippen molar-refractivity contribution in [1.29, 1.82) is 0 Å².